The van der Waals surface area contributed by atoms with Crippen molar-refractivity contribution in [1.29, 1.82) is 0 Å². The Bertz CT molecular complexity index is 506. The van der Waals surface area contributed by atoms with E-state index in [1.807, 2.05) is 25.3 Å². The Hall–Kier alpha value is -1.13. The number of aromatic nitrogens is 1. The van der Waals surface area contributed by atoms with Crippen LogP contribution in [0.4, 0.5) is 0 Å². The highest BCUT2D eigenvalue weighted by Crippen LogP contribution is 2.42. The molecule has 0 amide bonds. The summed E-state index contributed by atoms with van der Waals surface area (Å²) in [6, 6.07) is 4.47. The van der Waals surface area contributed by atoms with Crippen molar-refractivity contribution in [3.05, 3.63) is 24.0 Å². The molecule has 122 valence electrons. The average Bonchev–Trinajstić information content (AvgIpc) is 3.02. The highest BCUT2D eigenvalue weighted by atomic mass is 16.5. The quantitative estimate of drug-likeness (QED) is 0.808. The first kappa shape index (κ1) is 15.8. The van der Waals surface area contributed by atoms with E-state index in [4.69, 9.17) is 9.47 Å². The lowest BCUT2D eigenvalue weighted by Gasteiger charge is -2.35. The van der Waals surface area contributed by atoms with Gasteiger partial charge in [-0.2, -0.15) is 0 Å². The molecule has 4 nitrogen and oxygen atoms in total. The van der Waals surface area contributed by atoms with Gasteiger partial charge in [-0.1, -0.05) is 0 Å². The van der Waals surface area contributed by atoms with Crippen molar-refractivity contribution in [1.82, 2.24) is 9.88 Å². The van der Waals surface area contributed by atoms with Gasteiger partial charge in [0.05, 0.1) is 12.7 Å². The molecule has 3 rings (SSSR count). The van der Waals surface area contributed by atoms with Crippen molar-refractivity contribution in [3.8, 4) is 5.75 Å². The topological polar surface area (TPSA) is 34.6 Å². The number of pyridine rings is 1. The van der Waals surface area contributed by atoms with Gasteiger partial charge in [0.25, 0.3) is 0 Å². The molecule has 4 heteroatoms. The monoisotopic (exact) mass is 304 g/mol. The molecule has 1 aromatic heterocycles. The first-order chi connectivity index (χ1) is 10.6. The lowest BCUT2D eigenvalue weighted by atomic mass is 9.95. The number of hydrogen-bond acceptors (Lipinski definition) is 4. The van der Waals surface area contributed by atoms with E-state index in [0.29, 0.717) is 12.1 Å². The van der Waals surface area contributed by atoms with Gasteiger partial charge in [0, 0.05) is 29.5 Å². The van der Waals surface area contributed by atoms with Crippen LogP contribution >= 0.6 is 0 Å². The van der Waals surface area contributed by atoms with Gasteiger partial charge in [-0.15, -0.1) is 0 Å². The van der Waals surface area contributed by atoms with E-state index in [1.165, 1.54) is 32.2 Å². The van der Waals surface area contributed by atoms with E-state index in [1.54, 1.807) is 0 Å². The third-order valence-corrected chi connectivity index (χ3v) is 5.03. The van der Waals surface area contributed by atoms with Crippen LogP contribution in [-0.2, 0) is 4.74 Å². The van der Waals surface area contributed by atoms with Crippen LogP contribution in [0.3, 0.4) is 0 Å². The minimum Gasteiger partial charge on any atom is -0.492 e. The molecule has 0 N–H and O–H groups in total. The summed E-state index contributed by atoms with van der Waals surface area (Å²) in [6.45, 7) is 9.07. The summed E-state index contributed by atoms with van der Waals surface area (Å²) in [6.07, 6.45) is 7.13. The molecule has 0 radical (unpaired) electrons. The summed E-state index contributed by atoms with van der Waals surface area (Å²) in [5.41, 5.74) is 1.27. The van der Waals surface area contributed by atoms with E-state index in [9.17, 15) is 0 Å². The lowest BCUT2D eigenvalue weighted by Crippen LogP contribution is -2.47. The fraction of sp³-hybridized carbons (Fsp3) is 0.722. The Balaban J connectivity index is 1.59. The van der Waals surface area contributed by atoms with Crippen molar-refractivity contribution in [2.24, 2.45) is 0 Å². The maximum absolute atomic E-state index is 6.03. The van der Waals surface area contributed by atoms with Crippen molar-refractivity contribution in [2.45, 2.75) is 64.1 Å². The number of fused-ring (bicyclic) bond motifs is 1. The van der Waals surface area contributed by atoms with Gasteiger partial charge in [0.2, 0.25) is 0 Å². The second-order valence-corrected chi connectivity index (χ2v) is 7.02. The second-order valence-electron chi connectivity index (χ2n) is 7.02. The van der Waals surface area contributed by atoms with Crippen LogP contribution in [0, 0.1) is 6.92 Å². The van der Waals surface area contributed by atoms with E-state index in [-0.39, 0.29) is 5.54 Å². The molecule has 0 bridgehead atoms. The van der Waals surface area contributed by atoms with Crippen LogP contribution in [0.25, 0.3) is 0 Å². The fourth-order valence-corrected chi connectivity index (χ4v) is 3.91. The Morgan fingerprint density at radius 1 is 1.41 bits per heavy atom. The van der Waals surface area contributed by atoms with Gasteiger partial charge in [-0.3, -0.25) is 9.88 Å². The summed E-state index contributed by atoms with van der Waals surface area (Å²) in [5, 5.41) is 0. The molecule has 2 aliphatic heterocycles. The van der Waals surface area contributed by atoms with Crippen molar-refractivity contribution in [3.63, 3.8) is 0 Å². The van der Waals surface area contributed by atoms with E-state index < -0.39 is 0 Å². The number of ether oxygens (including phenoxy) is 2. The van der Waals surface area contributed by atoms with Crippen LogP contribution in [0.1, 0.15) is 45.2 Å². The molecule has 0 aromatic carbocycles. The average molecular weight is 304 g/mol. The molecule has 2 fully saturated rings. The summed E-state index contributed by atoms with van der Waals surface area (Å²) >= 11 is 0. The minimum absolute atomic E-state index is 0.270. The molecule has 0 unspecified atom stereocenters. The Morgan fingerprint density at radius 3 is 3.05 bits per heavy atom. The minimum atomic E-state index is 0.270. The van der Waals surface area contributed by atoms with Gasteiger partial charge < -0.3 is 9.47 Å². The van der Waals surface area contributed by atoms with Crippen LogP contribution in [-0.4, -0.2) is 47.3 Å². The van der Waals surface area contributed by atoms with Crippen molar-refractivity contribution < 1.29 is 9.47 Å². The van der Waals surface area contributed by atoms with Gasteiger partial charge in [0.15, 0.2) is 0 Å². The van der Waals surface area contributed by atoms with Crippen molar-refractivity contribution >= 4 is 0 Å². The molecule has 0 aliphatic carbocycles. The summed E-state index contributed by atoms with van der Waals surface area (Å²) in [5.74, 6) is 0.933. The van der Waals surface area contributed by atoms with Gasteiger partial charge in [-0.25, -0.2) is 0 Å². The highest BCUT2D eigenvalue weighted by Gasteiger charge is 2.49. The molecule has 2 atom stereocenters. The molecule has 2 saturated heterocycles. The number of aryl methyl sites for hydroxylation is 1. The summed E-state index contributed by atoms with van der Waals surface area (Å²) in [7, 11) is 0. The maximum atomic E-state index is 6.03. The summed E-state index contributed by atoms with van der Waals surface area (Å²) < 4.78 is 12.0. The zero-order chi connectivity index (χ0) is 15.6. The molecule has 3 heterocycles. The van der Waals surface area contributed by atoms with Crippen LogP contribution in [0.5, 0.6) is 5.75 Å². The lowest BCUT2D eigenvalue weighted by molar-refractivity contribution is -0.00896. The largest absolute Gasteiger partial charge is 0.492 e. The summed E-state index contributed by atoms with van der Waals surface area (Å²) in [4.78, 5) is 6.87. The van der Waals surface area contributed by atoms with Crippen molar-refractivity contribution in [2.75, 3.05) is 19.8 Å². The third-order valence-electron chi connectivity index (χ3n) is 5.03. The highest BCUT2D eigenvalue weighted by molar-refractivity contribution is 5.22. The fourth-order valence-electron chi connectivity index (χ4n) is 3.91. The Morgan fingerprint density at radius 2 is 2.27 bits per heavy atom. The van der Waals surface area contributed by atoms with Crippen LogP contribution in [0.2, 0.25) is 0 Å². The predicted octanol–water partition coefficient (Wildman–Crippen LogP) is 3.19. The third kappa shape index (κ3) is 3.28. The van der Waals surface area contributed by atoms with Gasteiger partial charge >= 0.3 is 0 Å². The number of hydrogen-bond donors (Lipinski definition) is 0. The molecule has 22 heavy (non-hydrogen) atoms. The van der Waals surface area contributed by atoms with Gasteiger partial charge in [0.1, 0.15) is 12.4 Å². The maximum Gasteiger partial charge on any atom is 0.122 e. The smallest absolute Gasteiger partial charge is 0.122 e. The SMILES string of the molecule is Cc1cc(OC[C@@H]2CC[C@]3(COC(C)C)CCCN23)ccn1. The normalized spacial score (nSPS) is 28.3. The number of nitrogens with zero attached hydrogens (tertiary/aromatic N) is 2. The van der Waals surface area contributed by atoms with Crippen LogP contribution < -0.4 is 4.74 Å². The van der Waals surface area contributed by atoms with E-state index in [2.05, 4.69) is 23.7 Å². The molecular formula is C18H28N2O2. The number of rotatable bonds is 6. The molecule has 0 spiro atoms. The van der Waals surface area contributed by atoms with Crippen LogP contribution in [0.15, 0.2) is 18.3 Å². The molecule has 1 aromatic rings. The van der Waals surface area contributed by atoms with E-state index in [0.717, 1.165) is 24.7 Å². The van der Waals surface area contributed by atoms with Gasteiger partial charge in [-0.05, 0) is 59.1 Å². The predicted molar refractivity (Wildman–Crippen MR) is 87.3 cm³/mol. The second kappa shape index (κ2) is 6.55. The zero-order valence-corrected chi connectivity index (χ0v) is 14.0. The zero-order valence-electron chi connectivity index (χ0n) is 14.0. The standard InChI is InChI=1S/C18H28N2O2/c1-14(2)22-13-18-7-4-10-20(18)16(5-8-18)12-21-17-6-9-19-15(3)11-17/h6,9,11,14,16H,4-5,7-8,10,12-13H2,1-3H3/t16-,18-/m0/s1. The van der Waals surface area contributed by atoms with E-state index >= 15 is 0 Å². The Kier molecular flexibility index (Phi) is 4.69. The first-order valence-corrected chi connectivity index (χ1v) is 8.53. The Labute approximate surface area is 133 Å². The first-order valence-electron chi connectivity index (χ1n) is 8.53. The molecule has 2 aliphatic rings. The molecule has 0 saturated carbocycles. The molecular weight excluding hydrogens is 276 g/mol.